The summed E-state index contributed by atoms with van der Waals surface area (Å²) < 4.78 is 45.6. The number of nitriles is 1. The van der Waals surface area contributed by atoms with E-state index < -0.39 is 24.3 Å². The van der Waals surface area contributed by atoms with Gasteiger partial charge in [0.2, 0.25) is 0 Å². The number of carbonyl (C=O) groups excluding carboxylic acids is 1. The number of benzene rings is 2. The maximum absolute atomic E-state index is 13.0. The smallest absolute Gasteiger partial charge is 0.416 e. The Balaban J connectivity index is 1.79. The molecular weight excluding hydrogens is 411 g/mol. The summed E-state index contributed by atoms with van der Waals surface area (Å²) in [5.41, 5.74) is -0.550. The molecule has 0 saturated heterocycles. The molecule has 0 spiro atoms. The topological polar surface area (TPSA) is 92.8 Å². The third-order valence-electron chi connectivity index (χ3n) is 3.68. The van der Waals surface area contributed by atoms with Crippen LogP contribution in [0.1, 0.15) is 11.1 Å². The SMILES string of the molecule is N#Cc1ccc(OCC(=O)Nc2cc(C(F)(F)F)ccc2-n2cncn2)c(Cl)c1. The number of carbonyl (C=O) groups is 1. The lowest BCUT2D eigenvalue weighted by atomic mass is 10.1. The first-order chi connectivity index (χ1) is 13.8. The van der Waals surface area contributed by atoms with E-state index in [0.29, 0.717) is 5.56 Å². The van der Waals surface area contributed by atoms with E-state index in [1.807, 2.05) is 6.07 Å². The molecule has 2 aromatic carbocycles. The average molecular weight is 422 g/mol. The van der Waals surface area contributed by atoms with E-state index in [4.69, 9.17) is 21.6 Å². The fourth-order valence-electron chi connectivity index (χ4n) is 2.36. The second kappa shape index (κ2) is 8.20. The fraction of sp³-hybridized carbons (Fsp3) is 0.111. The number of nitrogens with one attached hydrogen (secondary N) is 1. The van der Waals surface area contributed by atoms with Crippen LogP contribution < -0.4 is 10.1 Å². The Hall–Kier alpha value is -3.58. The van der Waals surface area contributed by atoms with Gasteiger partial charge in [0.05, 0.1) is 33.6 Å². The molecule has 0 aliphatic carbocycles. The van der Waals surface area contributed by atoms with Gasteiger partial charge in [-0.25, -0.2) is 9.67 Å². The summed E-state index contributed by atoms with van der Waals surface area (Å²) in [5.74, 6) is -0.563. The number of ether oxygens (including phenoxy) is 1. The van der Waals surface area contributed by atoms with Crippen LogP contribution in [-0.2, 0) is 11.0 Å². The zero-order valence-corrected chi connectivity index (χ0v) is 15.2. The largest absolute Gasteiger partial charge is 0.482 e. The molecule has 1 heterocycles. The van der Waals surface area contributed by atoms with Gasteiger partial charge in [-0.05, 0) is 36.4 Å². The van der Waals surface area contributed by atoms with Crippen molar-refractivity contribution < 1.29 is 22.7 Å². The molecule has 29 heavy (non-hydrogen) atoms. The van der Waals surface area contributed by atoms with Gasteiger partial charge in [0.15, 0.2) is 6.61 Å². The molecule has 3 rings (SSSR count). The molecule has 0 atom stereocenters. The normalized spacial score (nSPS) is 11.0. The first kappa shape index (κ1) is 20.2. The number of aromatic nitrogens is 3. The summed E-state index contributed by atoms with van der Waals surface area (Å²) in [6.45, 7) is -0.515. The molecule has 0 bridgehead atoms. The lowest BCUT2D eigenvalue weighted by molar-refractivity contribution is -0.137. The first-order valence-corrected chi connectivity index (χ1v) is 8.34. The zero-order valence-electron chi connectivity index (χ0n) is 14.4. The van der Waals surface area contributed by atoms with Crippen LogP contribution >= 0.6 is 11.6 Å². The van der Waals surface area contributed by atoms with Gasteiger partial charge in [0.25, 0.3) is 5.91 Å². The number of alkyl halides is 3. The molecule has 0 unspecified atom stereocenters. The molecule has 1 N–H and O–H groups in total. The summed E-state index contributed by atoms with van der Waals surface area (Å²) in [6, 6.07) is 8.98. The van der Waals surface area contributed by atoms with Crippen LogP contribution in [0.4, 0.5) is 18.9 Å². The molecule has 0 aliphatic rings. The van der Waals surface area contributed by atoms with E-state index >= 15 is 0 Å². The number of amides is 1. The number of hydrogen-bond acceptors (Lipinski definition) is 5. The summed E-state index contributed by atoms with van der Waals surface area (Å²) in [7, 11) is 0. The molecule has 0 saturated carbocycles. The lowest BCUT2D eigenvalue weighted by Gasteiger charge is -2.15. The number of halogens is 4. The minimum atomic E-state index is -4.59. The molecule has 1 aromatic heterocycles. The molecule has 0 radical (unpaired) electrons. The van der Waals surface area contributed by atoms with Crippen molar-refractivity contribution in [1.29, 1.82) is 5.26 Å². The Kier molecular flexibility index (Phi) is 5.70. The highest BCUT2D eigenvalue weighted by Gasteiger charge is 2.31. The monoisotopic (exact) mass is 421 g/mol. The van der Waals surface area contributed by atoms with Crippen LogP contribution in [-0.4, -0.2) is 27.3 Å². The standard InChI is InChI=1S/C18H11ClF3N5O2/c19-13-5-11(7-23)1-4-16(13)29-8-17(28)26-14-6-12(18(20,21)22)2-3-15(14)27-10-24-9-25-27/h1-6,9-10H,8H2,(H,26,28). The Morgan fingerprint density at radius 3 is 2.69 bits per heavy atom. The fourth-order valence-corrected chi connectivity index (χ4v) is 2.60. The second-order valence-electron chi connectivity index (χ2n) is 5.66. The molecule has 148 valence electrons. The Bertz CT molecular complexity index is 1080. The highest BCUT2D eigenvalue weighted by molar-refractivity contribution is 6.32. The summed E-state index contributed by atoms with van der Waals surface area (Å²) in [4.78, 5) is 16.0. The van der Waals surface area contributed by atoms with Crippen molar-refractivity contribution in [2.45, 2.75) is 6.18 Å². The van der Waals surface area contributed by atoms with Crippen LogP contribution in [0.3, 0.4) is 0 Å². The van der Waals surface area contributed by atoms with Crippen molar-refractivity contribution in [3.8, 4) is 17.5 Å². The number of anilines is 1. The van der Waals surface area contributed by atoms with Crippen molar-refractivity contribution in [2.75, 3.05) is 11.9 Å². The van der Waals surface area contributed by atoms with Gasteiger partial charge in [-0.15, -0.1) is 0 Å². The maximum Gasteiger partial charge on any atom is 0.416 e. The quantitative estimate of drug-likeness (QED) is 0.676. The minimum absolute atomic E-state index is 0.121. The molecule has 7 nitrogen and oxygen atoms in total. The number of hydrogen-bond donors (Lipinski definition) is 1. The van der Waals surface area contributed by atoms with Gasteiger partial charge in [-0.3, -0.25) is 4.79 Å². The van der Waals surface area contributed by atoms with Gasteiger partial charge >= 0.3 is 6.18 Å². The Labute approximate surface area is 167 Å². The molecular formula is C18H11ClF3N5O2. The molecule has 3 aromatic rings. The Morgan fingerprint density at radius 1 is 1.28 bits per heavy atom. The van der Waals surface area contributed by atoms with Gasteiger partial charge in [-0.2, -0.15) is 23.5 Å². The van der Waals surface area contributed by atoms with Gasteiger partial charge in [0, 0.05) is 0 Å². The van der Waals surface area contributed by atoms with Crippen LogP contribution in [0.25, 0.3) is 5.69 Å². The van der Waals surface area contributed by atoms with E-state index in [2.05, 4.69) is 15.4 Å². The predicted octanol–water partition coefficient (Wildman–Crippen LogP) is 3.83. The highest BCUT2D eigenvalue weighted by atomic mass is 35.5. The predicted molar refractivity (Wildman–Crippen MR) is 96.7 cm³/mol. The van der Waals surface area contributed by atoms with Gasteiger partial charge in [0.1, 0.15) is 18.4 Å². The number of rotatable bonds is 5. The van der Waals surface area contributed by atoms with Crippen LogP contribution in [0, 0.1) is 11.3 Å². The van der Waals surface area contributed by atoms with E-state index in [1.165, 1.54) is 41.6 Å². The van der Waals surface area contributed by atoms with Crippen molar-refractivity contribution in [3.63, 3.8) is 0 Å². The van der Waals surface area contributed by atoms with E-state index in [1.54, 1.807) is 0 Å². The highest BCUT2D eigenvalue weighted by Crippen LogP contribution is 2.33. The summed E-state index contributed by atoms with van der Waals surface area (Å²) >= 11 is 5.96. The van der Waals surface area contributed by atoms with E-state index in [0.717, 1.165) is 12.1 Å². The lowest BCUT2D eigenvalue weighted by Crippen LogP contribution is -2.22. The molecule has 0 fully saturated rings. The zero-order chi connectivity index (χ0) is 21.0. The number of nitrogens with zero attached hydrogens (tertiary/aromatic N) is 4. The van der Waals surface area contributed by atoms with E-state index in [9.17, 15) is 18.0 Å². The molecule has 11 heteroatoms. The third kappa shape index (κ3) is 4.83. The first-order valence-electron chi connectivity index (χ1n) is 7.96. The van der Waals surface area contributed by atoms with Gasteiger partial charge in [-0.1, -0.05) is 11.6 Å². The Morgan fingerprint density at radius 2 is 2.07 bits per heavy atom. The van der Waals surface area contributed by atoms with Gasteiger partial charge < -0.3 is 10.1 Å². The van der Waals surface area contributed by atoms with Crippen molar-refractivity contribution in [2.24, 2.45) is 0 Å². The van der Waals surface area contributed by atoms with E-state index in [-0.39, 0.29) is 22.1 Å². The van der Waals surface area contributed by atoms with Crippen molar-refractivity contribution >= 4 is 23.2 Å². The molecule has 0 aliphatic heterocycles. The van der Waals surface area contributed by atoms with Crippen LogP contribution in [0.5, 0.6) is 5.75 Å². The summed E-state index contributed by atoms with van der Waals surface area (Å²) in [5, 5.41) is 15.2. The average Bonchev–Trinajstić information content (AvgIpc) is 3.20. The van der Waals surface area contributed by atoms with Crippen molar-refractivity contribution in [1.82, 2.24) is 14.8 Å². The molecule has 1 amide bonds. The second-order valence-corrected chi connectivity index (χ2v) is 6.07. The van der Waals surface area contributed by atoms with Crippen LogP contribution in [0.2, 0.25) is 5.02 Å². The third-order valence-corrected chi connectivity index (χ3v) is 3.98. The maximum atomic E-state index is 13.0. The van der Waals surface area contributed by atoms with Crippen molar-refractivity contribution in [3.05, 3.63) is 65.2 Å². The van der Waals surface area contributed by atoms with Crippen LogP contribution in [0.15, 0.2) is 49.1 Å². The summed E-state index contributed by atoms with van der Waals surface area (Å²) in [6.07, 6.45) is -2.10. The minimum Gasteiger partial charge on any atom is -0.482 e.